The average Bonchev–Trinajstić information content (AvgIpc) is 3.11. The molecule has 0 spiro atoms. The first-order chi connectivity index (χ1) is 17.5. The van der Waals surface area contributed by atoms with Gasteiger partial charge in [-0.3, -0.25) is 4.79 Å². The lowest BCUT2D eigenvalue weighted by atomic mass is 9.62. The fourth-order valence-corrected chi connectivity index (χ4v) is 5.54. The van der Waals surface area contributed by atoms with Gasteiger partial charge in [0.1, 0.15) is 23.1 Å². The standard InChI is InChI=1S/C25H21Cl2F5N2O4/c1-23(2,3)10-18-24(11-33,14-8-17(29)15(27)9-16(14)28)19(12-5-4-6-13(26)7-12)20(21(35)36)34(18)25(30,31)22(37)38-32/h4-9,18-20H,10H2,1-3H3,(H,35,36)/t18-,19-,20+,24-/m0/s1. The number of alkyl halides is 2. The van der Waals surface area contributed by atoms with Crippen molar-refractivity contribution in [2.75, 3.05) is 0 Å². The lowest BCUT2D eigenvalue weighted by Gasteiger charge is -2.40. The molecule has 1 saturated heterocycles. The lowest BCUT2D eigenvalue weighted by molar-refractivity contribution is -0.245. The number of aliphatic carboxylic acids is 1. The first-order valence-electron chi connectivity index (χ1n) is 11.1. The fourth-order valence-electron chi connectivity index (χ4n) is 5.19. The highest BCUT2D eigenvalue weighted by Gasteiger charge is 2.71. The summed E-state index contributed by atoms with van der Waals surface area (Å²) in [4.78, 5) is 27.2. The van der Waals surface area contributed by atoms with E-state index in [1.807, 2.05) is 0 Å². The van der Waals surface area contributed by atoms with Crippen molar-refractivity contribution in [1.82, 2.24) is 4.90 Å². The third-order valence-corrected chi connectivity index (χ3v) is 7.04. The van der Waals surface area contributed by atoms with E-state index in [9.17, 15) is 28.9 Å². The van der Waals surface area contributed by atoms with Gasteiger partial charge in [0.25, 0.3) is 0 Å². The molecular formula is C25H21Cl2F5N2O4. The van der Waals surface area contributed by atoms with E-state index < -0.39 is 75.5 Å². The Labute approximate surface area is 224 Å². The number of likely N-dealkylation sites (tertiary alicyclic amines) is 1. The van der Waals surface area contributed by atoms with Crippen LogP contribution in [0, 0.1) is 28.4 Å². The molecule has 0 unspecified atom stereocenters. The molecule has 1 N–H and O–H groups in total. The Morgan fingerprint density at radius 1 is 1.16 bits per heavy atom. The SMILES string of the molecule is CC(C)(C)C[C@@H]1N(C(F)(F)C(=O)OF)[C@@H](C(=O)O)[C@H](c2cccc(Cl)c2)[C@@]1(C#N)c1cc(F)c(Cl)cc1F. The molecule has 2 aromatic carbocycles. The Bertz CT molecular complexity index is 1310. The van der Waals surface area contributed by atoms with Crippen LogP contribution in [0.2, 0.25) is 10.0 Å². The molecule has 6 nitrogen and oxygen atoms in total. The van der Waals surface area contributed by atoms with E-state index in [4.69, 9.17) is 23.2 Å². The molecule has 1 aliphatic heterocycles. The van der Waals surface area contributed by atoms with Gasteiger partial charge < -0.3 is 5.11 Å². The van der Waals surface area contributed by atoms with Gasteiger partial charge in [0.05, 0.1) is 11.1 Å². The maximum Gasteiger partial charge on any atom is 0.434 e. The van der Waals surface area contributed by atoms with Crippen LogP contribution in [0.3, 0.4) is 0 Å². The second kappa shape index (κ2) is 10.3. The van der Waals surface area contributed by atoms with Crippen LogP contribution < -0.4 is 0 Å². The highest BCUT2D eigenvalue weighted by atomic mass is 35.5. The van der Waals surface area contributed by atoms with Gasteiger partial charge in [0.15, 0.2) is 0 Å². The number of benzene rings is 2. The summed E-state index contributed by atoms with van der Waals surface area (Å²) >= 11 is 11.8. The predicted octanol–water partition coefficient (Wildman–Crippen LogP) is 6.41. The van der Waals surface area contributed by atoms with Crippen LogP contribution in [0.1, 0.15) is 44.2 Å². The number of nitriles is 1. The number of carbonyl (C=O) groups excluding carboxylic acids is 1. The van der Waals surface area contributed by atoms with Gasteiger partial charge in [0.2, 0.25) is 0 Å². The molecule has 1 heterocycles. The van der Waals surface area contributed by atoms with Crippen molar-refractivity contribution in [3.05, 3.63) is 69.2 Å². The topological polar surface area (TPSA) is 90.6 Å². The first-order valence-corrected chi connectivity index (χ1v) is 11.8. The number of carboxylic acid groups (broad SMARTS) is 1. The minimum absolute atomic E-state index is 0.0157. The molecule has 0 aliphatic carbocycles. The second-order valence-corrected chi connectivity index (χ2v) is 11.0. The summed E-state index contributed by atoms with van der Waals surface area (Å²) < 4.78 is 74.3. The van der Waals surface area contributed by atoms with E-state index in [-0.39, 0.29) is 15.5 Å². The highest BCUT2D eigenvalue weighted by molar-refractivity contribution is 6.31. The summed E-state index contributed by atoms with van der Waals surface area (Å²) in [5, 5.41) is 20.2. The number of carbonyl (C=O) groups is 2. The number of hydrogen-bond donors (Lipinski definition) is 1. The summed E-state index contributed by atoms with van der Waals surface area (Å²) in [5.41, 5.74) is -4.43. The molecule has 38 heavy (non-hydrogen) atoms. The zero-order valence-electron chi connectivity index (χ0n) is 20.1. The number of hydrogen-bond acceptors (Lipinski definition) is 5. The molecule has 0 radical (unpaired) electrons. The summed E-state index contributed by atoms with van der Waals surface area (Å²) in [5.74, 6) is -9.07. The number of carboxylic acids is 1. The largest absolute Gasteiger partial charge is 0.480 e. The van der Waals surface area contributed by atoms with Crippen LogP contribution in [-0.4, -0.2) is 40.1 Å². The molecule has 3 rings (SSSR count). The normalized spacial score (nSPS) is 24.2. The van der Waals surface area contributed by atoms with Crippen molar-refractivity contribution >= 4 is 35.1 Å². The Hall–Kier alpha value is -2.94. The van der Waals surface area contributed by atoms with Crippen molar-refractivity contribution in [2.45, 2.75) is 56.7 Å². The summed E-state index contributed by atoms with van der Waals surface area (Å²) in [6, 6.07) is -1.37. The molecular weight excluding hydrogens is 558 g/mol. The molecule has 13 heteroatoms. The van der Waals surface area contributed by atoms with Gasteiger partial charge in [-0.25, -0.2) is 23.4 Å². The molecule has 4 atom stereocenters. The van der Waals surface area contributed by atoms with Crippen molar-refractivity contribution in [3.8, 4) is 6.07 Å². The quantitative estimate of drug-likeness (QED) is 0.242. The van der Waals surface area contributed by atoms with E-state index in [0.717, 1.165) is 0 Å². The average molecular weight is 579 g/mol. The van der Waals surface area contributed by atoms with Gasteiger partial charge in [-0.1, -0.05) is 56.1 Å². The Kier molecular flexibility index (Phi) is 8.04. The van der Waals surface area contributed by atoms with E-state index in [1.54, 1.807) is 26.8 Å². The molecule has 1 aliphatic rings. The molecule has 0 saturated carbocycles. The Balaban J connectivity index is 2.57. The van der Waals surface area contributed by atoms with Crippen LogP contribution in [0.15, 0.2) is 36.4 Å². The van der Waals surface area contributed by atoms with Crippen molar-refractivity contribution in [3.63, 3.8) is 0 Å². The summed E-state index contributed by atoms with van der Waals surface area (Å²) in [6.45, 7) is 4.67. The van der Waals surface area contributed by atoms with Gasteiger partial charge in [-0.05, 0) is 41.7 Å². The maximum atomic E-state index is 15.6. The van der Waals surface area contributed by atoms with Crippen molar-refractivity contribution in [1.29, 1.82) is 5.26 Å². The van der Waals surface area contributed by atoms with Crippen molar-refractivity contribution in [2.24, 2.45) is 5.41 Å². The van der Waals surface area contributed by atoms with Crippen LogP contribution in [0.25, 0.3) is 0 Å². The van der Waals surface area contributed by atoms with Crippen LogP contribution >= 0.6 is 23.2 Å². The predicted molar refractivity (Wildman–Crippen MR) is 126 cm³/mol. The van der Waals surface area contributed by atoms with E-state index in [1.165, 1.54) is 24.3 Å². The minimum Gasteiger partial charge on any atom is -0.480 e. The zero-order chi connectivity index (χ0) is 28.8. The van der Waals surface area contributed by atoms with Crippen LogP contribution in [0.4, 0.5) is 22.1 Å². The zero-order valence-corrected chi connectivity index (χ0v) is 21.6. The Morgan fingerprint density at radius 3 is 2.29 bits per heavy atom. The number of rotatable bonds is 6. The third-order valence-electron chi connectivity index (χ3n) is 6.51. The van der Waals surface area contributed by atoms with Gasteiger partial charge in [-0.2, -0.15) is 14.0 Å². The minimum atomic E-state index is -4.95. The molecule has 204 valence electrons. The Morgan fingerprint density at radius 2 is 1.79 bits per heavy atom. The molecule has 2 aromatic rings. The molecule has 0 amide bonds. The smallest absolute Gasteiger partial charge is 0.434 e. The fraction of sp³-hybridized carbons (Fsp3) is 0.400. The van der Waals surface area contributed by atoms with Gasteiger partial charge in [0, 0.05) is 27.1 Å². The van der Waals surface area contributed by atoms with E-state index >= 15 is 13.2 Å². The number of nitrogens with zero attached hydrogens (tertiary/aromatic N) is 2. The van der Waals surface area contributed by atoms with Gasteiger partial charge >= 0.3 is 18.0 Å². The third kappa shape index (κ3) is 4.93. The second-order valence-electron chi connectivity index (χ2n) is 10.1. The molecule has 0 bridgehead atoms. The molecule has 1 fully saturated rings. The summed E-state index contributed by atoms with van der Waals surface area (Å²) in [6.07, 6.45) is -0.458. The lowest BCUT2D eigenvalue weighted by Crippen LogP contribution is -2.58. The van der Waals surface area contributed by atoms with Crippen LogP contribution in [0.5, 0.6) is 0 Å². The van der Waals surface area contributed by atoms with Crippen molar-refractivity contribution < 1.29 is 41.7 Å². The van der Waals surface area contributed by atoms with E-state index in [0.29, 0.717) is 12.1 Å². The summed E-state index contributed by atoms with van der Waals surface area (Å²) in [7, 11) is 0. The monoisotopic (exact) mass is 578 g/mol. The molecule has 0 aromatic heterocycles. The highest BCUT2D eigenvalue weighted by Crippen LogP contribution is 2.58. The maximum absolute atomic E-state index is 15.6. The first kappa shape index (κ1) is 29.6. The number of halogens is 7. The van der Waals surface area contributed by atoms with Crippen LogP contribution in [-0.2, 0) is 19.9 Å². The van der Waals surface area contributed by atoms with E-state index in [2.05, 4.69) is 4.94 Å². The van der Waals surface area contributed by atoms with Gasteiger partial charge in [-0.15, -0.1) is 0 Å².